The number of hydrogen-bond donors (Lipinski definition) is 1. The van der Waals surface area contributed by atoms with E-state index in [0.717, 1.165) is 12.8 Å². The normalized spacial score (nSPS) is 10.5. The molecule has 1 aromatic heterocycles. The van der Waals surface area contributed by atoms with Gasteiger partial charge in [-0.05, 0) is 36.8 Å². The summed E-state index contributed by atoms with van der Waals surface area (Å²) >= 11 is 5.96. The number of para-hydroxylation sites is 1. The van der Waals surface area contributed by atoms with Crippen molar-refractivity contribution < 1.29 is 19.1 Å². The summed E-state index contributed by atoms with van der Waals surface area (Å²) in [4.78, 5) is 32.0. The van der Waals surface area contributed by atoms with Crippen molar-refractivity contribution in [3.8, 4) is 11.4 Å². The maximum absolute atomic E-state index is 13.1. The lowest BCUT2D eigenvalue weighted by Gasteiger charge is -2.16. The molecule has 0 atom stereocenters. The quantitative estimate of drug-likeness (QED) is 0.345. The summed E-state index contributed by atoms with van der Waals surface area (Å²) in [6.07, 6.45) is 1.62. The molecule has 0 fully saturated rings. The van der Waals surface area contributed by atoms with E-state index >= 15 is 0 Å². The van der Waals surface area contributed by atoms with Crippen LogP contribution in [0.2, 0.25) is 5.02 Å². The number of carbonyl (C=O) groups is 2. The lowest BCUT2D eigenvalue weighted by Crippen LogP contribution is -2.23. The first kappa shape index (κ1) is 24.1. The first-order chi connectivity index (χ1) is 15.9. The van der Waals surface area contributed by atoms with Gasteiger partial charge < -0.3 is 19.7 Å². The highest BCUT2D eigenvalue weighted by Gasteiger charge is 2.27. The number of unbranched alkanes of at least 4 members (excludes halogenated alkanes) is 1. The van der Waals surface area contributed by atoms with Gasteiger partial charge in [0.2, 0.25) is 5.95 Å². The number of carbonyl (C=O) groups excluding carboxylic acids is 2. The van der Waals surface area contributed by atoms with Crippen molar-refractivity contribution in [2.75, 3.05) is 37.5 Å². The number of ether oxygens (including phenoxy) is 2. The molecule has 3 rings (SSSR count). The molecule has 1 N–H and O–H groups in total. The minimum absolute atomic E-state index is 0.101. The molecule has 0 saturated carbocycles. The summed E-state index contributed by atoms with van der Waals surface area (Å²) in [5.74, 6) is -0.0151. The Kier molecular flexibility index (Phi) is 8.32. The molecule has 3 aromatic rings. The number of benzene rings is 2. The SMILES string of the molecule is CCCCOC(=O)c1c(NC(=O)COc2cccc(Cl)c2)nc(N(C)C)n1-c1ccccc1. The van der Waals surface area contributed by atoms with E-state index in [1.807, 2.05) is 51.4 Å². The first-order valence-corrected chi connectivity index (χ1v) is 11.0. The van der Waals surface area contributed by atoms with Crippen LogP contribution in [0.3, 0.4) is 0 Å². The molecule has 174 valence electrons. The van der Waals surface area contributed by atoms with Crippen LogP contribution in [0.1, 0.15) is 30.3 Å². The van der Waals surface area contributed by atoms with Crippen LogP contribution in [-0.4, -0.2) is 48.7 Å². The molecule has 0 aliphatic carbocycles. The number of imidazole rings is 1. The second-order valence-electron chi connectivity index (χ2n) is 7.46. The van der Waals surface area contributed by atoms with Crippen LogP contribution in [0.15, 0.2) is 54.6 Å². The number of amides is 1. The number of rotatable bonds is 10. The van der Waals surface area contributed by atoms with Crippen molar-refractivity contribution in [3.05, 3.63) is 65.3 Å². The molecule has 1 heterocycles. The highest BCUT2D eigenvalue weighted by atomic mass is 35.5. The Bertz CT molecular complexity index is 1100. The maximum Gasteiger partial charge on any atom is 0.359 e. The Balaban J connectivity index is 1.92. The van der Waals surface area contributed by atoms with Crippen molar-refractivity contribution >= 4 is 35.2 Å². The van der Waals surface area contributed by atoms with Crippen LogP contribution in [0.5, 0.6) is 5.75 Å². The van der Waals surface area contributed by atoms with E-state index < -0.39 is 11.9 Å². The molecule has 8 nitrogen and oxygen atoms in total. The maximum atomic E-state index is 13.1. The van der Waals surface area contributed by atoms with Gasteiger partial charge >= 0.3 is 5.97 Å². The van der Waals surface area contributed by atoms with E-state index in [0.29, 0.717) is 22.4 Å². The van der Waals surface area contributed by atoms with E-state index in [2.05, 4.69) is 10.3 Å². The molecule has 1 amide bonds. The third-order valence-electron chi connectivity index (χ3n) is 4.62. The fraction of sp³-hybridized carbons (Fsp3) is 0.292. The Morgan fingerprint density at radius 1 is 1.12 bits per heavy atom. The van der Waals surface area contributed by atoms with Gasteiger partial charge in [-0.1, -0.05) is 49.2 Å². The first-order valence-electron chi connectivity index (χ1n) is 10.6. The van der Waals surface area contributed by atoms with Gasteiger partial charge in [0.15, 0.2) is 18.1 Å². The summed E-state index contributed by atoms with van der Waals surface area (Å²) in [6.45, 7) is 2.01. The van der Waals surface area contributed by atoms with Crippen LogP contribution in [0.4, 0.5) is 11.8 Å². The van der Waals surface area contributed by atoms with E-state index in [1.165, 1.54) is 0 Å². The standard InChI is InChI=1S/C24H27ClN4O4/c1-4-5-14-32-23(31)21-22(26-20(30)16-33-19-13-9-10-17(25)15-19)27-24(28(2)3)29(21)18-11-7-6-8-12-18/h6-13,15H,4-5,14,16H2,1-3H3,(H,26,30). The van der Waals surface area contributed by atoms with E-state index in [1.54, 1.807) is 33.7 Å². The number of nitrogens with zero attached hydrogens (tertiary/aromatic N) is 3. The average molecular weight is 471 g/mol. The van der Waals surface area contributed by atoms with Crippen LogP contribution in [0.25, 0.3) is 5.69 Å². The molecule has 0 radical (unpaired) electrons. The Morgan fingerprint density at radius 2 is 1.88 bits per heavy atom. The molecule has 0 aliphatic heterocycles. The lowest BCUT2D eigenvalue weighted by atomic mass is 10.3. The summed E-state index contributed by atoms with van der Waals surface area (Å²) < 4.78 is 12.7. The summed E-state index contributed by atoms with van der Waals surface area (Å²) in [5, 5.41) is 3.20. The lowest BCUT2D eigenvalue weighted by molar-refractivity contribution is -0.118. The second-order valence-corrected chi connectivity index (χ2v) is 7.89. The van der Waals surface area contributed by atoms with Crippen LogP contribution >= 0.6 is 11.6 Å². The molecule has 2 aromatic carbocycles. The van der Waals surface area contributed by atoms with E-state index in [-0.39, 0.29) is 24.7 Å². The van der Waals surface area contributed by atoms with Gasteiger partial charge in [-0.25, -0.2) is 4.79 Å². The molecule has 0 spiro atoms. The van der Waals surface area contributed by atoms with Crippen LogP contribution in [-0.2, 0) is 9.53 Å². The Labute approximate surface area is 198 Å². The third-order valence-corrected chi connectivity index (χ3v) is 4.86. The smallest absolute Gasteiger partial charge is 0.359 e. The molecule has 0 unspecified atom stereocenters. The van der Waals surface area contributed by atoms with Gasteiger partial charge in [-0.15, -0.1) is 0 Å². The van der Waals surface area contributed by atoms with Gasteiger partial charge in [0.05, 0.1) is 6.61 Å². The minimum atomic E-state index is -0.570. The van der Waals surface area contributed by atoms with Crippen molar-refractivity contribution in [2.24, 2.45) is 0 Å². The van der Waals surface area contributed by atoms with Gasteiger partial charge in [0.1, 0.15) is 5.75 Å². The number of anilines is 2. The molecule has 33 heavy (non-hydrogen) atoms. The van der Waals surface area contributed by atoms with Crippen molar-refractivity contribution in [1.82, 2.24) is 9.55 Å². The van der Waals surface area contributed by atoms with Gasteiger partial charge in [-0.3, -0.25) is 9.36 Å². The van der Waals surface area contributed by atoms with Crippen molar-refractivity contribution in [1.29, 1.82) is 0 Å². The third kappa shape index (κ3) is 6.26. The predicted molar refractivity (Wildman–Crippen MR) is 129 cm³/mol. The molecule has 9 heteroatoms. The van der Waals surface area contributed by atoms with Crippen LogP contribution in [0, 0.1) is 0 Å². The fourth-order valence-corrected chi connectivity index (χ4v) is 3.24. The van der Waals surface area contributed by atoms with Gasteiger partial charge in [0, 0.05) is 24.8 Å². The Hall–Kier alpha value is -3.52. The number of nitrogens with one attached hydrogen (secondary N) is 1. The zero-order valence-electron chi connectivity index (χ0n) is 18.9. The molecule has 0 bridgehead atoms. The Morgan fingerprint density at radius 3 is 2.55 bits per heavy atom. The highest BCUT2D eigenvalue weighted by Crippen LogP contribution is 2.28. The summed E-state index contributed by atoms with van der Waals surface area (Å²) in [6, 6.07) is 16.1. The number of halogens is 1. The summed E-state index contributed by atoms with van der Waals surface area (Å²) in [5.41, 5.74) is 0.851. The average Bonchev–Trinajstić information content (AvgIpc) is 3.18. The topological polar surface area (TPSA) is 85.7 Å². The zero-order valence-corrected chi connectivity index (χ0v) is 19.6. The monoisotopic (exact) mass is 470 g/mol. The molecule has 0 saturated heterocycles. The van der Waals surface area contributed by atoms with Gasteiger partial charge in [0.25, 0.3) is 5.91 Å². The van der Waals surface area contributed by atoms with E-state index in [4.69, 9.17) is 21.1 Å². The molecular formula is C24H27ClN4O4. The number of hydrogen-bond acceptors (Lipinski definition) is 6. The predicted octanol–water partition coefficient (Wildman–Crippen LogP) is 4.57. The van der Waals surface area contributed by atoms with Crippen molar-refractivity contribution in [3.63, 3.8) is 0 Å². The van der Waals surface area contributed by atoms with Crippen LogP contribution < -0.4 is 15.0 Å². The molecule has 0 aliphatic rings. The fourth-order valence-electron chi connectivity index (χ4n) is 3.06. The number of aromatic nitrogens is 2. The molecular weight excluding hydrogens is 444 g/mol. The van der Waals surface area contributed by atoms with Gasteiger partial charge in [-0.2, -0.15) is 4.98 Å². The highest BCUT2D eigenvalue weighted by molar-refractivity contribution is 6.30. The van der Waals surface area contributed by atoms with E-state index in [9.17, 15) is 9.59 Å². The second kappa shape index (κ2) is 11.4. The largest absolute Gasteiger partial charge is 0.484 e. The van der Waals surface area contributed by atoms with Crippen molar-refractivity contribution in [2.45, 2.75) is 19.8 Å². The summed E-state index contributed by atoms with van der Waals surface area (Å²) in [7, 11) is 3.61. The zero-order chi connectivity index (χ0) is 23.8. The number of esters is 1. The minimum Gasteiger partial charge on any atom is -0.484 e.